The van der Waals surface area contributed by atoms with Crippen LogP contribution in [0, 0.1) is 0 Å². The summed E-state index contributed by atoms with van der Waals surface area (Å²) >= 11 is 1.73. The van der Waals surface area contributed by atoms with Crippen molar-refractivity contribution in [2.45, 2.75) is 31.3 Å². The summed E-state index contributed by atoms with van der Waals surface area (Å²) in [6.45, 7) is 4.10. The van der Waals surface area contributed by atoms with Gasteiger partial charge in [0.05, 0.1) is 12.0 Å². The van der Waals surface area contributed by atoms with Crippen LogP contribution in [0.4, 0.5) is 5.82 Å². The molecule has 0 spiro atoms. The van der Waals surface area contributed by atoms with E-state index in [-0.39, 0.29) is 0 Å². The van der Waals surface area contributed by atoms with Crippen LogP contribution in [0.1, 0.15) is 19.3 Å². The zero-order valence-corrected chi connectivity index (χ0v) is 16.1. The van der Waals surface area contributed by atoms with Gasteiger partial charge in [0.25, 0.3) is 0 Å². The van der Waals surface area contributed by atoms with Crippen LogP contribution >= 0.6 is 11.3 Å². The second kappa shape index (κ2) is 7.54. The second-order valence-electron chi connectivity index (χ2n) is 7.39. The van der Waals surface area contributed by atoms with E-state index in [0.717, 1.165) is 55.2 Å². The summed E-state index contributed by atoms with van der Waals surface area (Å²) < 4.78 is 5.55. The van der Waals surface area contributed by atoms with Gasteiger partial charge in [-0.1, -0.05) is 30.3 Å². The van der Waals surface area contributed by atoms with E-state index in [1.54, 1.807) is 17.7 Å². The highest BCUT2D eigenvalue weighted by molar-refractivity contribution is 7.21. The molecule has 5 rings (SSSR count). The van der Waals surface area contributed by atoms with Crippen molar-refractivity contribution in [2.24, 2.45) is 0 Å². The number of nitrogens with zero attached hydrogens (tertiary/aromatic N) is 3. The number of benzene rings is 1. The van der Waals surface area contributed by atoms with Crippen molar-refractivity contribution >= 4 is 27.4 Å². The van der Waals surface area contributed by atoms with Crippen molar-refractivity contribution in [3.05, 3.63) is 42.7 Å². The van der Waals surface area contributed by atoms with Gasteiger partial charge in [-0.25, -0.2) is 9.97 Å². The van der Waals surface area contributed by atoms with Gasteiger partial charge in [0, 0.05) is 36.7 Å². The zero-order valence-electron chi connectivity index (χ0n) is 15.3. The molecule has 1 unspecified atom stereocenters. The first kappa shape index (κ1) is 17.1. The minimum absolute atomic E-state index is 0.474. The molecule has 27 heavy (non-hydrogen) atoms. The van der Waals surface area contributed by atoms with E-state index in [1.165, 1.54) is 16.9 Å². The number of fused-ring (bicyclic) bond motifs is 1. The number of nitrogens with one attached hydrogen (secondary N) is 1. The highest BCUT2D eigenvalue weighted by atomic mass is 32.1. The van der Waals surface area contributed by atoms with Gasteiger partial charge in [0.1, 0.15) is 17.0 Å². The van der Waals surface area contributed by atoms with Crippen molar-refractivity contribution in [2.75, 3.05) is 31.6 Å². The molecular formula is C21H24N4OS. The van der Waals surface area contributed by atoms with Crippen LogP contribution in [0.25, 0.3) is 20.7 Å². The summed E-state index contributed by atoms with van der Waals surface area (Å²) in [6, 6.07) is 13.8. The average Bonchev–Trinajstić information content (AvgIpc) is 3.40. The van der Waals surface area contributed by atoms with Crippen LogP contribution in [0.3, 0.4) is 0 Å². The Morgan fingerprint density at radius 3 is 2.70 bits per heavy atom. The molecule has 2 aliphatic rings. The molecule has 1 aromatic carbocycles. The maximum Gasteiger partial charge on any atom is 0.138 e. The zero-order chi connectivity index (χ0) is 18.1. The number of hydrogen-bond acceptors (Lipinski definition) is 6. The summed E-state index contributed by atoms with van der Waals surface area (Å²) in [5, 5.41) is 4.83. The molecule has 2 saturated heterocycles. The Morgan fingerprint density at radius 1 is 1.07 bits per heavy atom. The number of aromatic nitrogens is 2. The lowest BCUT2D eigenvalue weighted by Gasteiger charge is -2.35. The minimum atomic E-state index is 0.474. The van der Waals surface area contributed by atoms with E-state index < -0.39 is 0 Å². The predicted molar refractivity (Wildman–Crippen MR) is 110 cm³/mol. The summed E-state index contributed by atoms with van der Waals surface area (Å²) in [5.74, 6) is 0.973. The lowest BCUT2D eigenvalue weighted by Crippen LogP contribution is -2.44. The molecular weight excluding hydrogens is 356 g/mol. The number of anilines is 1. The summed E-state index contributed by atoms with van der Waals surface area (Å²) in [6.07, 6.45) is 5.16. The smallest absolute Gasteiger partial charge is 0.138 e. The Bertz CT molecular complexity index is 899. The topological polar surface area (TPSA) is 50.3 Å². The molecule has 0 aliphatic carbocycles. The molecule has 1 atom stereocenters. The number of thiophene rings is 1. The largest absolute Gasteiger partial charge is 0.380 e. The fourth-order valence-electron chi connectivity index (χ4n) is 4.13. The highest BCUT2D eigenvalue weighted by Gasteiger charge is 2.28. The maximum absolute atomic E-state index is 5.55. The normalized spacial score (nSPS) is 21.7. The molecule has 2 aliphatic heterocycles. The number of hydrogen-bond donors (Lipinski definition) is 1. The second-order valence-corrected chi connectivity index (χ2v) is 8.42. The minimum Gasteiger partial charge on any atom is -0.380 e. The third-order valence-electron chi connectivity index (χ3n) is 5.68. The molecule has 1 N–H and O–H groups in total. The van der Waals surface area contributed by atoms with Crippen LogP contribution in [0.15, 0.2) is 42.7 Å². The van der Waals surface area contributed by atoms with Gasteiger partial charge in [-0.15, -0.1) is 11.3 Å². The van der Waals surface area contributed by atoms with Crippen molar-refractivity contribution in [1.29, 1.82) is 0 Å². The van der Waals surface area contributed by atoms with Crippen molar-refractivity contribution < 1.29 is 4.74 Å². The van der Waals surface area contributed by atoms with Gasteiger partial charge >= 0.3 is 0 Å². The van der Waals surface area contributed by atoms with Crippen LogP contribution in [-0.2, 0) is 4.74 Å². The summed E-state index contributed by atoms with van der Waals surface area (Å²) in [4.78, 5) is 13.9. The Labute approximate surface area is 163 Å². The first-order valence-electron chi connectivity index (χ1n) is 9.75. The molecule has 2 fully saturated rings. The van der Waals surface area contributed by atoms with Gasteiger partial charge in [-0.2, -0.15) is 0 Å². The summed E-state index contributed by atoms with van der Waals surface area (Å²) in [7, 11) is 0. The molecule has 0 amide bonds. The first-order chi connectivity index (χ1) is 13.4. The standard InChI is InChI=1S/C21H24N4OS/c1-2-4-15(5-3-1)19-12-18-20(22-14-23-21(18)27-19)24-16-6-9-25(10-7-16)17-8-11-26-13-17/h1-5,12,14,16-17H,6-11,13H2,(H,22,23,24). The Morgan fingerprint density at radius 2 is 1.93 bits per heavy atom. The van der Waals surface area contributed by atoms with E-state index >= 15 is 0 Å². The van der Waals surface area contributed by atoms with Crippen LogP contribution in [0.5, 0.6) is 0 Å². The van der Waals surface area contributed by atoms with Crippen LogP contribution < -0.4 is 5.32 Å². The predicted octanol–water partition coefficient (Wildman–Crippen LogP) is 4.02. The molecule has 140 valence electrons. The van der Waals surface area contributed by atoms with Crippen molar-refractivity contribution in [3.63, 3.8) is 0 Å². The SMILES string of the molecule is c1ccc(-c2cc3c(NC4CCN(C5CCOC5)CC4)ncnc3s2)cc1. The van der Waals surface area contributed by atoms with Crippen molar-refractivity contribution in [3.8, 4) is 10.4 Å². The maximum atomic E-state index is 5.55. The molecule has 0 saturated carbocycles. The lowest BCUT2D eigenvalue weighted by atomic mass is 10.0. The van der Waals surface area contributed by atoms with Crippen LogP contribution in [0.2, 0.25) is 0 Å². The number of ether oxygens (including phenoxy) is 1. The van der Waals surface area contributed by atoms with E-state index in [9.17, 15) is 0 Å². The number of piperidine rings is 1. The fourth-order valence-corrected chi connectivity index (χ4v) is 5.13. The van der Waals surface area contributed by atoms with Gasteiger partial charge in [0.2, 0.25) is 0 Å². The van der Waals surface area contributed by atoms with Gasteiger partial charge in [-0.05, 0) is 30.9 Å². The van der Waals surface area contributed by atoms with Crippen LogP contribution in [-0.4, -0.2) is 53.3 Å². The van der Waals surface area contributed by atoms with Crippen molar-refractivity contribution in [1.82, 2.24) is 14.9 Å². The molecule has 0 radical (unpaired) electrons. The third kappa shape index (κ3) is 3.57. The molecule has 6 heteroatoms. The monoisotopic (exact) mass is 380 g/mol. The summed E-state index contributed by atoms with van der Waals surface area (Å²) in [5.41, 5.74) is 1.23. The van der Waals surface area contributed by atoms with Gasteiger partial charge < -0.3 is 10.1 Å². The molecule has 5 nitrogen and oxygen atoms in total. The molecule has 4 heterocycles. The Balaban J connectivity index is 1.31. The van der Waals surface area contributed by atoms with Gasteiger partial charge in [0.15, 0.2) is 0 Å². The van der Waals surface area contributed by atoms with E-state index in [0.29, 0.717) is 12.1 Å². The van der Waals surface area contributed by atoms with E-state index in [1.807, 2.05) is 6.07 Å². The molecule has 0 bridgehead atoms. The third-order valence-corrected chi connectivity index (χ3v) is 6.77. The molecule has 3 aromatic rings. The average molecular weight is 381 g/mol. The first-order valence-corrected chi connectivity index (χ1v) is 10.6. The van der Waals surface area contributed by atoms with E-state index in [4.69, 9.17) is 4.74 Å². The number of rotatable bonds is 4. The quantitative estimate of drug-likeness (QED) is 0.741. The van der Waals surface area contributed by atoms with Gasteiger partial charge in [-0.3, -0.25) is 4.90 Å². The highest BCUT2D eigenvalue weighted by Crippen LogP contribution is 2.35. The lowest BCUT2D eigenvalue weighted by molar-refractivity contribution is 0.124. The van der Waals surface area contributed by atoms with E-state index in [2.05, 4.69) is 50.5 Å². The Kier molecular flexibility index (Phi) is 4.78. The molecule has 2 aromatic heterocycles. The number of likely N-dealkylation sites (tertiary alicyclic amines) is 1. The Hall–Kier alpha value is -2.02. The fraction of sp³-hybridized carbons (Fsp3) is 0.429.